The number of hydrogen-bond acceptors (Lipinski definition) is 6. The van der Waals surface area contributed by atoms with Gasteiger partial charge >= 0.3 is 0 Å². The summed E-state index contributed by atoms with van der Waals surface area (Å²) in [7, 11) is 0. The molecule has 0 atom stereocenters. The Bertz CT molecular complexity index is 845. The topological polar surface area (TPSA) is 77.2 Å². The zero-order valence-electron chi connectivity index (χ0n) is 13.0. The molecule has 3 aromatic rings. The summed E-state index contributed by atoms with van der Waals surface area (Å²) in [6.07, 6.45) is 1.95. The lowest BCUT2D eigenvalue weighted by atomic mass is 9.74. The maximum atomic E-state index is 5.59. The van der Waals surface area contributed by atoms with Crippen molar-refractivity contribution >= 4 is 27.4 Å². The van der Waals surface area contributed by atoms with E-state index < -0.39 is 0 Å². The summed E-state index contributed by atoms with van der Waals surface area (Å²) in [4.78, 5) is 0. The van der Waals surface area contributed by atoms with Crippen LogP contribution in [-0.2, 0) is 10.2 Å². The summed E-state index contributed by atoms with van der Waals surface area (Å²) in [5.41, 5.74) is 1.98. The van der Waals surface area contributed by atoms with Crippen LogP contribution in [0.2, 0.25) is 0 Å². The molecule has 24 heavy (non-hydrogen) atoms. The second kappa shape index (κ2) is 6.45. The van der Waals surface area contributed by atoms with Gasteiger partial charge in [-0.1, -0.05) is 28.1 Å². The first kappa shape index (κ1) is 15.5. The minimum Gasteiger partial charge on any atom is -0.381 e. The Morgan fingerprint density at radius 2 is 2.08 bits per heavy atom. The molecule has 1 aromatic carbocycles. The Morgan fingerprint density at radius 3 is 2.92 bits per heavy atom. The standard InChI is InChI=1S/C16H17BrN6O/c17-13-3-1-2-12(10-13)16(6-8-24-9-7-16)11-18-14-4-5-15-19-21-22-23(15)20-14/h1-5,10H,6-9,11H2,(H,18,20). The highest BCUT2D eigenvalue weighted by Crippen LogP contribution is 2.36. The Morgan fingerprint density at radius 1 is 1.21 bits per heavy atom. The maximum absolute atomic E-state index is 5.59. The van der Waals surface area contributed by atoms with E-state index in [1.165, 1.54) is 10.2 Å². The zero-order valence-corrected chi connectivity index (χ0v) is 14.6. The van der Waals surface area contributed by atoms with Gasteiger partial charge in [-0.3, -0.25) is 0 Å². The van der Waals surface area contributed by atoms with Gasteiger partial charge in [0.25, 0.3) is 0 Å². The monoisotopic (exact) mass is 388 g/mol. The Kier molecular flexibility index (Phi) is 4.15. The number of fused-ring (bicyclic) bond motifs is 1. The molecule has 1 N–H and O–H groups in total. The van der Waals surface area contributed by atoms with Crippen molar-refractivity contribution in [3.05, 3.63) is 46.4 Å². The average Bonchev–Trinajstić information content (AvgIpc) is 3.08. The van der Waals surface area contributed by atoms with Crippen molar-refractivity contribution in [1.29, 1.82) is 0 Å². The van der Waals surface area contributed by atoms with Crippen LogP contribution in [0, 0.1) is 0 Å². The molecule has 0 unspecified atom stereocenters. The number of benzene rings is 1. The number of nitrogens with one attached hydrogen (secondary N) is 1. The third-order valence-electron chi connectivity index (χ3n) is 4.56. The van der Waals surface area contributed by atoms with E-state index in [-0.39, 0.29) is 5.41 Å². The second-order valence-corrected chi connectivity index (χ2v) is 6.92. The van der Waals surface area contributed by atoms with Crippen LogP contribution in [-0.4, -0.2) is 45.0 Å². The predicted octanol–water partition coefficient (Wildman–Crippen LogP) is 2.44. The molecule has 0 bridgehead atoms. The summed E-state index contributed by atoms with van der Waals surface area (Å²) in [6.45, 7) is 2.33. The number of ether oxygens (including phenoxy) is 1. The minimum absolute atomic E-state index is 0.0271. The first-order valence-corrected chi connectivity index (χ1v) is 8.68. The average molecular weight is 389 g/mol. The normalized spacial score (nSPS) is 17.0. The molecule has 4 rings (SSSR count). The summed E-state index contributed by atoms with van der Waals surface area (Å²) >= 11 is 3.58. The molecule has 1 saturated heterocycles. The number of tetrazole rings is 1. The van der Waals surface area contributed by atoms with Crippen molar-refractivity contribution in [2.24, 2.45) is 0 Å². The van der Waals surface area contributed by atoms with Crippen LogP contribution in [0.1, 0.15) is 18.4 Å². The molecule has 0 amide bonds. The molecule has 7 nitrogen and oxygen atoms in total. The quantitative estimate of drug-likeness (QED) is 0.739. The fourth-order valence-electron chi connectivity index (χ4n) is 3.15. The number of nitrogens with zero attached hydrogens (tertiary/aromatic N) is 5. The van der Waals surface area contributed by atoms with Gasteiger partial charge in [0.1, 0.15) is 5.82 Å². The highest BCUT2D eigenvalue weighted by atomic mass is 79.9. The van der Waals surface area contributed by atoms with Gasteiger partial charge < -0.3 is 10.1 Å². The van der Waals surface area contributed by atoms with Gasteiger partial charge in [-0.05, 0) is 53.1 Å². The van der Waals surface area contributed by atoms with E-state index in [1.807, 2.05) is 12.1 Å². The lowest BCUT2D eigenvalue weighted by Gasteiger charge is -2.38. The Balaban J connectivity index is 1.59. The van der Waals surface area contributed by atoms with Crippen LogP contribution >= 0.6 is 15.9 Å². The molecule has 3 heterocycles. The van der Waals surface area contributed by atoms with E-state index in [1.54, 1.807) is 0 Å². The number of rotatable bonds is 4. The smallest absolute Gasteiger partial charge is 0.200 e. The minimum atomic E-state index is 0.0271. The van der Waals surface area contributed by atoms with Crippen molar-refractivity contribution in [3.63, 3.8) is 0 Å². The Labute approximate surface area is 147 Å². The number of hydrogen-bond donors (Lipinski definition) is 1. The highest BCUT2D eigenvalue weighted by molar-refractivity contribution is 9.10. The number of aromatic nitrogens is 5. The first-order chi connectivity index (χ1) is 11.8. The molecule has 0 saturated carbocycles. The van der Waals surface area contributed by atoms with Crippen LogP contribution in [0.3, 0.4) is 0 Å². The van der Waals surface area contributed by atoms with E-state index in [0.29, 0.717) is 5.65 Å². The zero-order chi connectivity index (χ0) is 16.4. The number of anilines is 1. The second-order valence-electron chi connectivity index (χ2n) is 6.00. The molecule has 124 valence electrons. The molecule has 0 radical (unpaired) electrons. The van der Waals surface area contributed by atoms with Crippen LogP contribution in [0.5, 0.6) is 0 Å². The van der Waals surface area contributed by atoms with Gasteiger partial charge in [-0.15, -0.1) is 14.8 Å². The van der Waals surface area contributed by atoms with E-state index in [4.69, 9.17) is 4.74 Å². The van der Waals surface area contributed by atoms with E-state index in [2.05, 4.69) is 66.1 Å². The fourth-order valence-corrected chi connectivity index (χ4v) is 3.55. The third-order valence-corrected chi connectivity index (χ3v) is 5.06. The van der Waals surface area contributed by atoms with Crippen molar-refractivity contribution < 1.29 is 4.74 Å². The van der Waals surface area contributed by atoms with E-state index >= 15 is 0 Å². The van der Waals surface area contributed by atoms with Crippen LogP contribution in [0.4, 0.5) is 5.82 Å². The SMILES string of the molecule is Brc1cccc(C2(CNc3ccc4nnnn4n3)CCOCC2)c1. The lowest BCUT2D eigenvalue weighted by molar-refractivity contribution is 0.0543. The molecule has 8 heteroatoms. The molecular weight excluding hydrogens is 372 g/mol. The lowest BCUT2D eigenvalue weighted by Crippen LogP contribution is -2.40. The first-order valence-electron chi connectivity index (χ1n) is 7.88. The predicted molar refractivity (Wildman–Crippen MR) is 92.9 cm³/mol. The summed E-state index contributed by atoms with van der Waals surface area (Å²) in [5.74, 6) is 0.760. The maximum Gasteiger partial charge on any atom is 0.200 e. The van der Waals surface area contributed by atoms with Gasteiger partial charge in [-0.2, -0.15) is 0 Å². The fraction of sp³-hybridized carbons (Fsp3) is 0.375. The summed E-state index contributed by atoms with van der Waals surface area (Å²) in [5, 5.41) is 19.2. The summed E-state index contributed by atoms with van der Waals surface area (Å²) < 4.78 is 8.12. The third kappa shape index (κ3) is 2.99. The van der Waals surface area contributed by atoms with Crippen LogP contribution < -0.4 is 5.32 Å². The Hall–Kier alpha value is -2.06. The van der Waals surface area contributed by atoms with Gasteiger partial charge in [0, 0.05) is 29.6 Å². The van der Waals surface area contributed by atoms with Gasteiger partial charge in [0.15, 0.2) is 5.65 Å². The summed E-state index contributed by atoms with van der Waals surface area (Å²) in [6, 6.07) is 12.3. The largest absolute Gasteiger partial charge is 0.381 e. The molecule has 1 fully saturated rings. The van der Waals surface area contributed by atoms with Crippen molar-refractivity contribution in [1.82, 2.24) is 25.3 Å². The van der Waals surface area contributed by atoms with Crippen LogP contribution in [0.15, 0.2) is 40.9 Å². The molecular formula is C16H17BrN6O. The van der Waals surface area contributed by atoms with E-state index in [9.17, 15) is 0 Å². The number of halogens is 1. The molecule has 0 aliphatic carbocycles. The molecule has 1 aliphatic heterocycles. The van der Waals surface area contributed by atoms with Crippen LogP contribution in [0.25, 0.3) is 5.65 Å². The van der Waals surface area contributed by atoms with Crippen molar-refractivity contribution in [3.8, 4) is 0 Å². The van der Waals surface area contributed by atoms with Gasteiger partial charge in [0.05, 0.1) is 0 Å². The van der Waals surface area contributed by atoms with Gasteiger partial charge in [0.2, 0.25) is 0 Å². The molecule has 0 spiro atoms. The van der Waals surface area contributed by atoms with Crippen molar-refractivity contribution in [2.75, 3.05) is 25.1 Å². The van der Waals surface area contributed by atoms with Gasteiger partial charge in [-0.25, -0.2) is 0 Å². The highest BCUT2D eigenvalue weighted by Gasteiger charge is 2.34. The van der Waals surface area contributed by atoms with Crippen molar-refractivity contribution in [2.45, 2.75) is 18.3 Å². The van der Waals surface area contributed by atoms with E-state index in [0.717, 1.165) is 42.9 Å². The molecule has 2 aromatic heterocycles. The molecule has 1 aliphatic rings.